The molecule has 0 bridgehead atoms. The number of nitrogens with zero attached hydrogens (tertiary/aromatic N) is 1. The van der Waals surface area contributed by atoms with Crippen LogP contribution in [-0.4, -0.2) is 48.7 Å². The van der Waals surface area contributed by atoms with E-state index in [4.69, 9.17) is 5.73 Å². The Labute approximate surface area is 108 Å². The van der Waals surface area contributed by atoms with Crippen LogP contribution in [0.15, 0.2) is 0 Å². The van der Waals surface area contributed by atoms with Crippen molar-refractivity contribution in [3.8, 4) is 0 Å². The Morgan fingerprint density at radius 1 is 1.37 bits per heavy atom. The van der Waals surface area contributed by atoms with Crippen LogP contribution in [0.25, 0.3) is 0 Å². The van der Waals surface area contributed by atoms with Gasteiger partial charge < -0.3 is 15.4 Å². The van der Waals surface area contributed by atoms with E-state index in [9.17, 15) is 22.8 Å². The Morgan fingerprint density at radius 3 is 2.53 bits per heavy atom. The summed E-state index contributed by atoms with van der Waals surface area (Å²) in [4.78, 5) is 24.2. The number of nitrogens with two attached hydrogens (primary N) is 1. The number of hydrogen-bond acceptors (Lipinski definition) is 3. The number of amides is 2. The number of likely N-dealkylation sites (tertiary alicyclic amines) is 1. The average molecular weight is 282 g/mol. The monoisotopic (exact) mass is 282 g/mol. The number of rotatable bonds is 4. The van der Waals surface area contributed by atoms with Gasteiger partial charge in [-0.25, -0.2) is 0 Å². The second-order valence-electron chi connectivity index (χ2n) is 4.68. The van der Waals surface area contributed by atoms with E-state index in [-0.39, 0.29) is 12.6 Å². The van der Waals surface area contributed by atoms with Crippen molar-refractivity contribution in [3.63, 3.8) is 0 Å². The lowest BCUT2D eigenvalue weighted by atomic mass is 9.93. The van der Waals surface area contributed by atoms with Crippen molar-refractivity contribution in [1.82, 2.24) is 4.90 Å². The summed E-state index contributed by atoms with van der Waals surface area (Å²) in [5, 5.41) is 0. The highest BCUT2D eigenvalue weighted by Gasteiger charge is 2.32. The van der Waals surface area contributed by atoms with Gasteiger partial charge in [-0.05, 0) is 19.8 Å². The van der Waals surface area contributed by atoms with Crippen LogP contribution in [0.3, 0.4) is 0 Å². The van der Waals surface area contributed by atoms with Crippen molar-refractivity contribution in [2.45, 2.75) is 32.0 Å². The molecule has 0 aromatic heterocycles. The standard InChI is InChI=1S/C11H17F3N2O3/c1-7-2-3-8(10(15)18)4-16(7)9(17)5-19-6-11(12,13)14/h7-8H,2-6H2,1H3,(H2,15,18). The minimum atomic E-state index is -4.45. The quantitative estimate of drug-likeness (QED) is 0.824. The van der Waals surface area contributed by atoms with Crippen LogP contribution < -0.4 is 5.73 Å². The van der Waals surface area contributed by atoms with Gasteiger partial charge in [0.05, 0.1) is 5.92 Å². The number of ether oxygens (including phenoxy) is 1. The van der Waals surface area contributed by atoms with Crippen LogP contribution >= 0.6 is 0 Å². The Bertz CT molecular complexity index is 347. The zero-order valence-corrected chi connectivity index (χ0v) is 10.6. The Hall–Kier alpha value is -1.31. The third-order valence-electron chi connectivity index (χ3n) is 3.10. The summed E-state index contributed by atoms with van der Waals surface area (Å²) in [6.07, 6.45) is -3.27. The SMILES string of the molecule is CC1CCC(C(N)=O)CN1C(=O)COCC(F)(F)F. The predicted molar refractivity (Wildman–Crippen MR) is 60.0 cm³/mol. The van der Waals surface area contributed by atoms with Gasteiger partial charge in [-0.3, -0.25) is 9.59 Å². The molecule has 0 aliphatic carbocycles. The van der Waals surface area contributed by atoms with Crippen molar-refractivity contribution >= 4 is 11.8 Å². The molecule has 2 amide bonds. The lowest BCUT2D eigenvalue weighted by Crippen LogP contribution is -2.49. The topological polar surface area (TPSA) is 72.6 Å². The smallest absolute Gasteiger partial charge is 0.369 e. The van der Waals surface area contributed by atoms with Crippen molar-refractivity contribution in [1.29, 1.82) is 0 Å². The van der Waals surface area contributed by atoms with E-state index in [2.05, 4.69) is 4.74 Å². The maximum absolute atomic E-state index is 11.9. The van der Waals surface area contributed by atoms with Crippen LogP contribution in [0, 0.1) is 5.92 Å². The summed E-state index contributed by atoms with van der Waals surface area (Å²) in [6, 6.07) is -0.127. The van der Waals surface area contributed by atoms with Crippen LogP contribution in [0.2, 0.25) is 0 Å². The highest BCUT2D eigenvalue weighted by molar-refractivity contribution is 5.81. The first kappa shape index (κ1) is 15.7. The Morgan fingerprint density at radius 2 is 2.00 bits per heavy atom. The predicted octanol–water partition coefficient (Wildman–Crippen LogP) is 0.678. The van der Waals surface area contributed by atoms with E-state index in [0.29, 0.717) is 12.8 Å². The molecule has 2 N–H and O–H groups in total. The van der Waals surface area contributed by atoms with E-state index < -0.39 is 37.1 Å². The van der Waals surface area contributed by atoms with Gasteiger partial charge in [0.2, 0.25) is 11.8 Å². The van der Waals surface area contributed by atoms with Gasteiger partial charge in [0.1, 0.15) is 13.2 Å². The number of carbonyl (C=O) groups excluding carboxylic acids is 2. The number of halogens is 3. The first-order chi connectivity index (χ1) is 8.70. The third-order valence-corrected chi connectivity index (χ3v) is 3.10. The summed E-state index contributed by atoms with van der Waals surface area (Å²) < 4.78 is 40.0. The molecule has 110 valence electrons. The molecule has 0 aromatic rings. The van der Waals surface area contributed by atoms with Crippen molar-refractivity contribution in [2.24, 2.45) is 11.7 Å². The van der Waals surface area contributed by atoms with E-state index in [1.54, 1.807) is 6.92 Å². The fraction of sp³-hybridized carbons (Fsp3) is 0.818. The average Bonchev–Trinajstić information content (AvgIpc) is 2.27. The Balaban J connectivity index is 2.47. The molecule has 2 atom stereocenters. The fourth-order valence-electron chi connectivity index (χ4n) is 2.02. The second-order valence-corrected chi connectivity index (χ2v) is 4.68. The molecule has 5 nitrogen and oxygen atoms in total. The van der Waals surface area contributed by atoms with Gasteiger partial charge in [0.25, 0.3) is 0 Å². The highest BCUT2D eigenvalue weighted by Crippen LogP contribution is 2.22. The lowest BCUT2D eigenvalue weighted by molar-refractivity contribution is -0.178. The van der Waals surface area contributed by atoms with E-state index in [0.717, 1.165) is 0 Å². The minimum Gasteiger partial charge on any atom is -0.369 e. The molecule has 1 heterocycles. The van der Waals surface area contributed by atoms with Gasteiger partial charge in [-0.15, -0.1) is 0 Å². The first-order valence-electron chi connectivity index (χ1n) is 5.94. The van der Waals surface area contributed by atoms with Crippen LogP contribution in [0.1, 0.15) is 19.8 Å². The van der Waals surface area contributed by atoms with Gasteiger partial charge in [-0.1, -0.05) is 0 Å². The number of hydrogen-bond donors (Lipinski definition) is 1. The molecule has 0 aromatic carbocycles. The molecule has 0 radical (unpaired) electrons. The lowest BCUT2D eigenvalue weighted by Gasteiger charge is -2.36. The van der Waals surface area contributed by atoms with Crippen LogP contribution in [0.5, 0.6) is 0 Å². The van der Waals surface area contributed by atoms with Gasteiger partial charge >= 0.3 is 6.18 Å². The van der Waals surface area contributed by atoms with Gasteiger partial charge in [0.15, 0.2) is 0 Å². The molecule has 1 rings (SSSR count). The zero-order valence-electron chi connectivity index (χ0n) is 10.6. The fourth-order valence-corrected chi connectivity index (χ4v) is 2.02. The minimum absolute atomic E-state index is 0.127. The maximum Gasteiger partial charge on any atom is 0.411 e. The number of piperidine rings is 1. The molecule has 1 aliphatic rings. The molecule has 1 saturated heterocycles. The molecule has 2 unspecified atom stereocenters. The molecule has 1 aliphatic heterocycles. The molecule has 0 saturated carbocycles. The summed E-state index contributed by atoms with van der Waals surface area (Å²) >= 11 is 0. The largest absolute Gasteiger partial charge is 0.411 e. The van der Waals surface area contributed by atoms with Gasteiger partial charge in [-0.2, -0.15) is 13.2 Å². The van der Waals surface area contributed by atoms with Gasteiger partial charge in [0, 0.05) is 12.6 Å². The van der Waals surface area contributed by atoms with Crippen molar-refractivity contribution in [3.05, 3.63) is 0 Å². The molecule has 19 heavy (non-hydrogen) atoms. The first-order valence-corrected chi connectivity index (χ1v) is 5.94. The molecular formula is C11H17F3N2O3. The van der Waals surface area contributed by atoms with E-state index >= 15 is 0 Å². The summed E-state index contributed by atoms with van der Waals surface area (Å²) in [7, 11) is 0. The van der Waals surface area contributed by atoms with Crippen LogP contribution in [-0.2, 0) is 14.3 Å². The van der Waals surface area contributed by atoms with Crippen molar-refractivity contribution < 1.29 is 27.5 Å². The molecule has 8 heteroatoms. The third kappa shape index (κ3) is 5.06. The van der Waals surface area contributed by atoms with E-state index in [1.807, 2.05) is 0 Å². The van der Waals surface area contributed by atoms with Crippen LogP contribution in [0.4, 0.5) is 13.2 Å². The molecule has 0 spiro atoms. The summed E-state index contributed by atoms with van der Waals surface area (Å²) in [6.45, 7) is -0.181. The van der Waals surface area contributed by atoms with E-state index in [1.165, 1.54) is 4.90 Å². The molecular weight excluding hydrogens is 265 g/mol. The number of alkyl halides is 3. The van der Waals surface area contributed by atoms with Crippen molar-refractivity contribution in [2.75, 3.05) is 19.8 Å². The second kappa shape index (κ2) is 6.23. The zero-order chi connectivity index (χ0) is 14.6. The maximum atomic E-state index is 11.9. The highest BCUT2D eigenvalue weighted by atomic mass is 19.4. The normalized spacial score (nSPS) is 24.3. The summed E-state index contributed by atoms with van der Waals surface area (Å²) in [5.74, 6) is -1.49. The number of carbonyl (C=O) groups is 2. The summed E-state index contributed by atoms with van der Waals surface area (Å²) in [5.41, 5.74) is 5.18. The number of primary amides is 1. The Kier molecular flexibility index (Phi) is 5.16. The molecule has 1 fully saturated rings.